The number of rotatable bonds is 6. The number of aromatic nitrogens is 3. The Morgan fingerprint density at radius 3 is 3.00 bits per heavy atom. The monoisotopic (exact) mass is 334 g/mol. The number of fused-ring (bicyclic) bond motifs is 1. The van der Waals surface area contributed by atoms with Crippen LogP contribution in [0.15, 0.2) is 4.99 Å². The number of hydrogen-bond acceptors (Lipinski definition) is 4. The highest BCUT2D eigenvalue weighted by atomic mass is 16.5. The maximum absolute atomic E-state index is 5.44. The smallest absolute Gasteiger partial charge is 0.194 e. The van der Waals surface area contributed by atoms with Crippen LogP contribution in [0.25, 0.3) is 0 Å². The van der Waals surface area contributed by atoms with Crippen LogP contribution < -0.4 is 5.32 Å². The zero-order valence-electron chi connectivity index (χ0n) is 15.0. The molecule has 0 atom stereocenters. The van der Waals surface area contributed by atoms with Crippen LogP contribution >= 0.6 is 0 Å². The van der Waals surface area contributed by atoms with Gasteiger partial charge in [0.25, 0.3) is 0 Å². The molecule has 2 aliphatic heterocycles. The molecule has 7 heteroatoms. The lowest BCUT2D eigenvalue weighted by Gasteiger charge is -2.26. The van der Waals surface area contributed by atoms with Crippen LogP contribution in [0.4, 0.5) is 0 Å². The summed E-state index contributed by atoms with van der Waals surface area (Å²) in [4.78, 5) is 7.02. The predicted molar refractivity (Wildman–Crippen MR) is 93.9 cm³/mol. The van der Waals surface area contributed by atoms with E-state index in [0.29, 0.717) is 6.54 Å². The summed E-state index contributed by atoms with van der Waals surface area (Å²) in [6, 6.07) is 0. The van der Waals surface area contributed by atoms with Gasteiger partial charge in [-0.2, -0.15) is 0 Å². The first-order chi connectivity index (χ1) is 11.8. The van der Waals surface area contributed by atoms with E-state index < -0.39 is 0 Å². The minimum Gasteiger partial charge on any atom is -0.381 e. The van der Waals surface area contributed by atoms with E-state index in [1.807, 2.05) is 0 Å². The normalized spacial score (nSPS) is 18.7. The van der Waals surface area contributed by atoms with Gasteiger partial charge < -0.3 is 19.5 Å². The Morgan fingerprint density at radius 1 is 1.38 bits per heavy atom. The molecule has 0 unspecified atom stereocenters. The number of aryl methyl sites for hydroxylation is 1. The minimum atomic E-state index is 0.594. The van der Waals surface area contributed by atoms with E-state index in [1.165, 1.54) is 25.7 Å². The molecule has 0 aromatic carbocycles. The molecule has 134 valence electrons. The Bertz CT molecular complexity index is 549. The Labute approximate surface area is 144 Å². The molecule has 1 fully saturated rings. The van der Waals surface area contributed by atoms with E-state index in [9.17, 15) is 0 Å². The third kappa shape index (κ3) is 4.26. The van der Waals surface area contributed by atoms with E-state index in [-0.39, 0.29) is 0 Å². The van der Waals surface area contributed by atoms with E-state index >= 15 is 0 Å². The van der Waals surface area contributed by atoms with E-state index in [0.717, 1.165) is 62.8 Å². The molecule has 0 spiro atoms. The van der Waals surface area contributed by atoms with Gasteiger partial charge in [0.1, 0.15) is 12.4 Å². The molecule has 0 radical (unpaired) electrons. The number of aliphatic imine (C=N–C) groups is 1. The summed E-state index contributed by atoms with van der Waals surface area (Å²) in [5.74, 6) is 3.83. The summed E-state index contributed by atoms with van der Waals surface area (Å²) < 4.78 is 7.66. The second-order valence-corrected chi connectivity index (χ2v) is 6.72. The third-order valence-corrected chi connectivity index (χ3v) is 4.97. The summed E-state index contributed by atoms with van der Waals surface area (Å²) in [5, 5.41) is 11.9. The van der Waals surface area contributed by atoms with Crippen molar-refractivity contribution in [3.05, 3.63) is 11.6 Å². The van der Waals surface area contributed by atoms with Crippen LogP contribution in [-0.4, -0.2) is 59.0 Å². The van der Waals surface area contributed by atoms with Gasteiger partial charge in [0, 0.05) is 46.3 Å². The first-order valence-corrected chi connectivity index (χ1v) is 9.26. The first kappa shape index (κ1) is 17.2. The summed E-state index contributed by atoms with van der Waals surface area (Å²) in [5.41, 5.74) is 0. The Hall–Kier alpha value is -1.63. The van der Waals surface area contributed by atoms with Gasteiger partial charge in [-0.3, -0.25) is 0 Å². The summed E-state index contributed by atoms with van der Waals surface area (Å²) >= 11 is 0. The highest BCUT2D eigenvalue weighted by molar-refractivity contribution is 5.79. The Morgan fingerprint density at radius 2 is 2.21 bits per heavy atom. The molecular formula is C17H30N6O. The van der Waals surface area contributed by atoms with Crippen LogP contribution in [0.1, 0.15) is 44.3 Å². The van der Waals surface area contributed by atoms with Crippen molar-refractivity contribution in [2.24, 2.45) is 10.9 Å². The molecule has 1 N–H and O–H groups in total. The van der Waals surface area contributed by atoms with Crippen molar-refractivity contribution in [1.29, 1.82) is 0 Å². The van der Waals surface area contributed by atoms with Crippen molar-refractivity contribution in [3.63, 3.8) is 0 Å². The molecular weight excluding hydrogens is 304 g/mol. The molecule has 1 aromatic heterocycles. The topological polar surface area (TPSA) is 67.6 Å². The van der Waals surface area contributed by atoms with Crippen LogP contribution in [0.3, 0.4) is 0 Å². The Balaban J connectivity index is 1.55. The first-order valence-electron chi connectivity index (χ1n) is 9.26. The zero-order chi connectivity index (χ0) is 16.8. The van der Waals surface area contributed by atoms with E-state index in [4.69, 9.17) is 9.73 Å². The molecule has 3 heterocycles. The van der Waals surface area contributed by atoms with Gasteiger partial charge >= 0.3 is 0 Å². The van der Waals surface area contributed by atoms with Gasteiger partial charge in [-0.25, -0.2) is 4.99 Å². The van der Waals surface area contributed by atoms with Crippen molar-refractivity contribution in [1.82, 2.24) is 25.0 Å². The summed E-state index contributed by atoms with van der Waals surface area (Å²) in [6.45, 7) is 7.46. The summed E-state index contributed by atoms with van der Waals surface area (Å²) in [6.07, 6.45) is 5.79. The molecule has 1 saturated heterocycles. The fourth-order valence-corrected chi connectivity index (χ4v) is 3.46. The maximum Gasteiger partial charge on any atom is 0.194 e. The van der Waals surface area contributed by atoms with Crippen molar-refractivity contribution in [3.8, 4) is 0 Å². The average molecular weight is 334 g/mol. The van der Waals surface area contributed by atoms with E-state index in [1.54, 1.807) is 0 Å². The van der Waals surface area contributed by atoms with Gasteiger partial charge in [-0.15, -0.1) is 10.2 Å². The number of nitrogens with one attached hydrogen (secondary N) is 1. The second-order valence-electron chi connectivity index (χ2n) is 6.72. The van der Waals surface area contributed by atoms with E-state index in [2.05, 4.69) is 39.0 Å². The third-order valence-electron chi connectivity index (χ3n) is 4.97. The van der Waals surface area contributed by atoms with Gasteiger partial charge in [0.05, 0.1) is 0 Å². The zero-order valence-corrected chi connectivity index (χ0v) is 15.0. The van der Waals surface area contributed by atoms with Crippen LogP contribution in [-0.2, 0) is 24.2 Å². The highest BCUT2D eigenvalue weighted by Gasteiger charge is 2.18. The molecule has 0 aliphatic carbocycles. The number of hydrogen-bond donors (Lipinski definition) is 1. The quantitative estimate of drug-likeness (QED) is 0.630. The van der Waals surface area contributed by atoms with Gasteiger partial charge in [-0.1, -0.05) is 0 Å². The largest absolute Gasteiger partial charge is 0.381 e. The number of nitrogens with zero attached hydrogens (tertiary/aromatic N) is 5. The summed E-state index contributed by atoms with van der Waals surface area (Å²) in [7, 11) is 2.12. The highest BCUT2D eigenvalue weighted by Crippen LogP contribution is 2.18. The second kappa shape index (κ2) is 8.46. The van der Waals surface area contributed by atoms with Gasteiger partial charge in [0.15, 0.2) is 11.8 Å². The van der Waals surface area contributed by atoms with Crippen molar-refractivity contribution in [2.75, 3.05) is 33.4 Å². The Kier molecular flexibility index (Phi) is 6.07. The van der Waals surface area contributed by atoms with Crippen LogP contribution in [0, 0.1) is 5.92 Å². The number of guanidine groups is 1. The van der Waals surface area contributed by atoms with Crippen LogP contribution in [0.2, 0.25) is 0 Å². The predicted octanol–water partition coefficient (Wildman–Crippen LogP) is 1.44. The van der Waals surface area contributed by atoms with Crippen molar-refractivity contribution < 1.29 is 4.74 Å². The van der Waals surface area contributed by atoms with Gasteiger partial charge in [0.2, 0.25) is 0 Å². The number of ether oxygens (including phenoxy) is 1. The fraction of sp³-hybridized carbons (Fsp3) is 0.824. The van der Waals surface area contributed by atoms with Crippen LogP contribution in [0.5, 0.6) is 0 Å². The lowest BCUT2D eigenvalue weighted by Crippen LogP contribution is -2.40. The molecule has 7 nitrogen and oxygen atoms in total. The molecule has 0 bridgehead atoms. The molecule has 1 aromatic rings. The standard InChI is InChI=1S/C17H30N6O/c1-3-18-17(22(2)10-6-14-7-11-24-12-8-14)19-13-16-21-20-15-5-4-9-23(15)16/h14H,3-13H2,1-2H3,(H,18,19). The average Bonchev–Trinajstić information content (AvgIpc) is 3.21. The maximum atomic E-state index is 5.44. The molecule has 3 rings (SSSR count). The van der Waals surface area contributed by atoms with Crippen molar-refractivity contribution >= 4 is 5.96 Å². The molecule has 24 heavy (non-hydrogen) atoms. The molecule has 2 aliphatic rings. The fourth-order valence-electron chi connectivity index (χ4n) is 3.46. The lowest BCUT2D eigenvalue weighted by molar-refractivity contribution is 0.0625. The minimum absolute atomic E-state index is 0.594. The lowest BCUT2D eigenvalue weighted by atomic mass is 9.96. The molecule has 0 amide bonds. The van der Waals surface area contributed by atoms with Crippen molar-refractivity contribution in [2.45, 2.75) is 52.1 Å². The molecule has 0 saturated carbocycles. The SMILES string of the molecule is CCNC(=NCc1nnc2n1CCC2)N(C)CCC1CCOCC1. The van der Waals surface area contributed by atoms with Gasteiger partial charge in [-0.05, 0) is 38.5 Å².